The molecule has 0 aliphatic heterocycles. The molecular formula is C21H15Cl3N4O. The predicted octanol–water partition coefficient (Wildman–Crippen LogP) is 6.25. The van der Waals surface area contributed by atoms with Crippen molar-refractivity contribution in [1.82, 2.24) is 14.8 Å². The summed E-state index contributed by atoms with van der Waals surface area (Å²) in [7, 11) is 0. The number of halogens is 3. The Bertz CT molecular complexity index is 1270. The molecule has 0 aliphatic rings. The summed E-state index contributed by atoms with van der Waals surface area (Å²) >= 11 is 18.4. The molecule has 0 bridgehead atoms. The lowest BCUT2D eigenvalue weighted by Gasteiger charge is -2.12. The van der Waals surface area contributed by atoms with Crippen LogP contribution in [-0.2, 0) is 0 Å². The fourth-order valence-electron chi connectivity index (χ4n) is 3.12. The van der Waals surface area contributed by atoms with E-state index in [4.69, 9.17) is 34.8 Å². The van der Waals surface area contributed by atoms with Gasteiger partial charge >= 0.3 is 0 Å². The molecule has 0 fully saturated rings. The number of anilines is 1. The summed E-state index contributed by atoms with van der Waals surface area (Å²) in [6.45, 7) is 3.84. The third-order valence-electron chi connectivity index (χ3n) is 4.47. The van der Waals surface area contributed by atoms with E-state index >= 15 is 0 Å². The number of carbonyl (C=O) groups excluding carboxylic acids is 1. The maximum Gasteiger partial charge on any atom is 0.259 e. The van der Waals surface area contributed by atoms with Gasteiger partial charge in [-0.3, -0.25) is 4.79 Å². The summed E-state index contributed by atoms with van der Waals surface area (Å²) in [5, 5.41) is 8.91. The monoisotopic (exact) mass is 444 g/mol. The Morgan fingerprint density at radius 1 is 1.00 bits per heavy atom. The molecule has 0 atom stereocenters. The van der Waals surface area contributed by atoms with Gasteiger partial charge in [0.05, 0.1) is 31.8 Å². The molecule has 1 amide bonds. The van der Waals surface area contributed by atoms with Crippen LogP contribution in [0.4, 0.5) is 5.82 Å². The van der Waals surface area contributed by atoms with E-state index in [0.29, 0.717) is 11.6 Å². The molecule has 0 saturated heterocycles. The third kappa shape index (κ3) is 3.69. The van der Waals surface area contributed by atoms with Crippen molar-refractivity contribution in [3.05, 3.63) is 80.4 Å². The average Bonchev–Trinajstić information content (AvgIpc) is 3.05. The standard InChI is InChI=1S/C21H15Cl3N4O/c1-11-9-17(25-16-6-4-3-5-13(11)16)28-18(10-12(2)27-28)26-21(29)19-14(22)7-8-15(23)20(19)24/h3-10H,1-2H3,(H,26,29). The molecule has 0 radical (unpaired) electrons. The van der Waals surface area contributed by atoms with E-state index < -0.39 is 5.91 Å². The van der Waals surface area contributed by atoms with E-state index in [1.54, 1.807) is 16.8 Å². The van der Waals surface area contributed by atoms with E-state index in [1.165, 1.54) is 6.07 Å². The molecule has 2 heterocycles. The van der Waals surface area contributed by atoms with Crippen molar-refractivity contribution in [2.75, 3.05) is 5.32 Å². The maximum absolute atomic E-state index is 12.9. The highest BCUT2D eigenvalue weighted by Gasteiger charge is 2.20. The first-order valence-electron chi connectivity index (χ1n) is 8.73. The summed E-state index contributed by atoms with van der Waals surface area (Å²) < 4.78 is 1.58. The molecule has 1 N–H and O–H groups in total. The lowest BCUT2D eigenvalue weighted by molar-refractivity contribution is 0.102. The molecule has 29 heavy (non-hydrogen) atoms. The van der Waals surface area contributed by atoms with Crippen LogP contribution >= 0.6 is 34.8 Å². The van der Waals surface area contributed by atoms with Gasteiger partial charge in [0.25, 0.3) is 5.91 Å². The number of amides is 1. The number of carbonyl (C=O) groups is 1. The Balaban J connectivity index is 1.77. The zero-order valence-corrected chi connectivity index (χ0v) is 17.8. The summed E-state index contributed by atoms with van der Waals surface area (Å²) in [6.07, 6.45) is 0. The van der Waals surface area contributed by atoms with E-state index in [9.17, 15) is 4.79 Å². The highest BCUT2D eigenvalue weighted by atomic mass is 35.5. The summed E-state index contributed by atoms with van der Waals surface area (Å²) in [6, 6.07) is 14.6. The SMILES string of the molecule is Cc1cc(NC(=O)c2c(Cl)ccc(Cl)c2Cl)n(-c2cc(C)c3ccccc3n2)n1. The molecule has 2 aromatic heterocycles. The van der Waals surface area contributed by atoms with Crippen LogP contribution < -0.4 is 5.32 Å². The van der Waals surface area contributed by atoms with Crippen molar-refractivity contribution in [3.8, 4) is 5.82 Å². The lowest BCUT2D eigenvalue weighted by atomic mass is 10.1. The first kappa shape index (κ1) is 19.7. The molecule has 4 aromatic rings. The minimum absolute atomic E-state index is 0.0964. The van der Waals surface area contributed by atoms with E-state index in [2.05, 4.69) is 15.4 Å². The summed E-state index contributed by atoms with van der Waals surface area (Å²) in [5.41, 5.74) is 2.72. The van der Waals surface area contributed by atoms with E-state index in [-0.39, 0.29) is 20.6 Å². The molecule has 0 aliphatic carbocycles. The van der Waals surface area contributed by atoms with E-state index in [0.717, 1.165) is 22.2 Å². The number of para-hydroxylation sites is 1. The number of pyridine rings is 1. The van der Waals surface area contributed by atoms with Crippen LogP contribution in [0, 0.1) is 13.8 Å². The van der Waals surface area contributed by atoms with Gasteiger partial charge in [0.15, 0.2) is 5.82 Å². The number of rotatable bonds is 3. The number of hydrogen-bond donors (Lipinski definition) is 1. The summed E-state index contributed by atoms with van der Waals surface area (Å²) in [5.74, 6) is 0.552. The van der Waals surface area contributed by atoms with Crippen molar-refractivity contribution < 1.29 is 4.79 Å². The first-order valence-corrected chi connectivity index (χ1v) is 9.87. The fourth-order valence-corrected chi connectivity index (χ4v) is 3.82. The van der Waals surface area contributed by atoms with Gasteiger partial charge in [0.2, 0.25) is 0 Å². The quantitative estimate of drug-likeness (QED) is 0.379. The van der Waals surface area contributed by atoms with Gasteiger partial charge in [0.1, 0.15) is 5.82 Å². The second kappa shape index (κ2) is 7.67. The Morgan fingerprint density at radius 3 is 2.52 bits per heavy atom. The van der Waals surface area contributed by atoms with Crippen LogP contribution in [-0.4, -0.2) is 20.7 Å². The zero-order valence-electron chi connectivity index (χ0n) is 15.5. The topological polar surface area (TPSA) is 59.8 Å². The number of fused-ring (bicyclic) bond motifs is 1. The Hall–Kier alpha value is -2.60. The predicted molar refractivity (Wildman–Crippen MR) is 118 cm³/mol. The Morgan fingerprint density at radius 2 is 1.72 bits per heavy atom. The van der Waals surface area contributed by atoms with Gasteiger partial charge in [-0.1, -0.05) is 53.0 Å². The van der Waals surface area contributed by atoms with Gasteiger partial charge in [-0.05, 0) is 43.7 Å². The van der Waals surface area contributed by atoms with Crippen LogP contribution in [0.1, 0.15) is 21.6 Å². The number of aryl methyl sites for hydroxylation is 2. The van der Waals surface area contributed by atoms with Crippen LogP contribution in [0.3, 0.4) is 0 Å². The largest absolute Gasteiger partial charge is 0.306 e. The molecule has 5 nitrogen and oxygen atoms in total. The number of aromatic nitrogens is 3. The van der Waals surface area contributed by atoms with E-state index in [1.807, 2.05) is 44.2 Å². The smallest absolute Gasteiger partial charge is 0.259 e. The maximum atomic E-state index is 12.9. The third-order valence-corrected chi connectivity index (χ3v) is 5.59. The highest BCUT2D eigenvalue weighted by molar-refractivity contribution is 6.46. The molecule has 0 unspecified atom stereocenters. The number of benzene rings is 2. The minimum Gasteiger partial charge on any atom is -0.306 e. The Kier molecular flexibility index (Phi) is 5.21. The van der Waals surface area contributed by atoms with Crippen molar-refractivity contribution in [3.63, 3.8) is 0 Å². The zero-order chi connectivity index (χ0) is 20.7. The number of hydrogen-bond acceptors (Lipinski definition) is 3. The second-order valence-corrected chi connectivity index (χ2v) is 7.76. The van der Waals surface area contributed by atoms with Crippen molar-refractivity contribution >= 4 is 57.4 Å². The minimum atomic E-state index is -0.485. The van der Waals surface area contributed by atoms with Crippen molar-refractivity contribution in [1.29, 1.82) is 0 Å². The Labute approximate surface area is 182 Å². The van der Waals surface area contributed by atoms with Crippen LogP contribution in [0.5, 0.6) is 0 Å². The van der Waals surface area contributed by atoms with Gasteiger partial charge in [0, 0.05) is 11.5 Å². The first-order chi connectivity index (χ1) is 13.8. The van der Waals surface area contributed by atoms with Crippen LogP contribution in [0.25, 0.3) is 16.7 Å². The average molecular weight is 446 g/mol. The van der Waals surface area contributed by atoms with Crippen molar-refractivity contribution in [2.45, 2.75) is 13.8 Å². The van der Waals surface area contributed by atoms with Gasteiger partial charge < -0.3 is 5.32 Å². The molecular weight excluding hydrogens is 431 g/mol. The van der Waals surface area contributed by atoms with Gasteiger partial charge in [-0.25, -0.2) is 4.98 Å². The number of nitrogens with zero attached hydrogens (tertiary/aromatic N) is 3. The van der Waals surface area contributed by atoms with Crippen LogP contribution in [0.2, 0.25) is 15.1 Å². The second-order valence-electron chi connectivity index (χ2n) is 6.57. The van der Waals surface area contributed by atoms with Crippen LogP contribution in [0.15, 0.2) is 48.5 Å². The van der Waals surface area contributed by atoms with Gasteiger partial charge in [-0.2, -0.15) is 9.78 Å². The molecule has 8 heteroatoms. The molecule has 2 aromatic carbocycles. The molecule has 0 spiro atoms. The van der Waals surface area contributed by atoms with Crippen molar-refractivity contribution in [2.24, 2.45) is 0 Å². The van der Waals surface area contributed by atoms with Gasteiger partial charge in [-0.15, -0.1) is 0 Å². The molecule has 146 valence electrons. The highest BCUT2D eigenvalue weighted by Crippen LogP contribution is 2.32. The lowest BCUT2D eigenvalue weighted by Crippen LogP contribution is -2.16. The number of nitrogens with one attached hydrogen (secondary N) is 1. The fraction of sp³-hybridized carbons (Fsp3) is 0.0952. The molecule has 0 saturated carbocycles. The normalized spacial score (nSPS) is 11.1. The molecule has 4 rings (SSSR count). The summed E-state index contributed by atoms with van der Waals surface area (Å²) in [4.78, 5) is 17.6.